The largest absolute Gasteiger partial charge is 0.376 e. The molecule has 7 heteroatoms. The highest BCUT2D eigenvalue weighted by atomic mass is 16.5. The Kier molecular flexibility index (Phi) is 5.34. The molecule has 0 unspecified atom stereocenters. The fourth-order valence-corrected chi connectivity index (χ4v) is 2.22. The van der Waals surface area contributed by atoms with Crippen molar-refractivity contribution in [2.24, 2.45) is 0 Å². The molecule has 1 aliphatic heterocycles. The summed E-state index contributed by atoms with van der Waals surface area (Å²) in [4.78, 5) is 18.0. The van der Waals surface area contributed by atoms with E-state index in [1.54, 1.807) is 15.9 Å². The third-order valence-electron chi connectivity index (χ3n) is 3.30. The van der Waals surface area contributed by atoms with Crippen LogP contribution in [0.15, 0.2) is 6.33 Å². The highest BCUT2D eigenvalue weighted by Gasteiger charge is 2.24. The zero-order chi connectivity index (χ0) is 14.4. The second kappa shape index (κ2) is 7.23. The summed E-state index contributed by atoms with van der Waals surface area (Å²) in [5.74, 6) is 0.355. The number of likely N-dealkylation sites (tertiary alicyclic amines) is 1. The normalized spacial score (nSPS) is 19.1. The summed E-state index contributed by atoms with van der Waals surface area (Å²) in [5.41, 5.74) is 0. The van der Waals surface area contributed by atoms with E-state index in [0.717, 1.165) is 39.0 Å². The van der Waals surface area contributed by atoms with Crippen LogP contribution in [0, 0.1) is 0 Å². The van der Waals surface area contributed by atoms with Gasteiger partial charge in [-0.05, 0) is 26.2 Å². The van der Waals surface area contributed by atoms with Gasteiger partial charge >= 0.3 is 6.03 Å². The van der Waals surface area contributed by atoms with Crippen LogP contribution in [-0.4, -0.2) is 51.5 Å². The lowest BCUT2D eigenvalue weighted by Gasteiger charge is -2.32. The van der Waals surface area contributed by atoms with Crippen molar-refractivity contribution < 1.29 is 9.53 Å². The number of amides is 2. The quantitative estimate of drug-likeness (QED) is 0.892. The van der Waals surface area contributed by atoms with Crippen molar-refractivity contribution >= 4 is 12.0 Å². The SMILES string of the molecule is CCCO[C@H]1CCCN(C(=O)Nc2ncn(CC)n2)C1. The maximum absolute atomic E-state index is 12.2. The van der Waals surface area contributed by atoms with Gasteiger partial charge in [-0.2, -0.15) is 0 Å². The molecule has 112 valence electrons. The number of carbonyl (C=O) groups excluding carboxylic acids is 1. The number of hydrogen-bond donors (Lipinski definition) is 1. The Hall–Kier alpha value is -1.63. The molecule has 2 rings (SSSR count). The first-order valence-electron chi connectivity index (χ1n) is 7.30. The molecule has 0 bridgehead atoms. The number of carbonyl (C=O) groups is 1. The molecule has 1 N–H and O–H groups in total. The van der Waals surface area contributed by atoms with E-state index >= 15 is 0 Å². The summed E-state index contributed by atoms with van der Waals surface area (Å²) >= 11 is 0. The van der Waals surface area contributed by atoms with Crippen molar-refractivity contribution in [3.05, 3.63) is 6.33 Å². The summed E-state index contributed by atoms with van der Waals surface area (Å²) in [5, 5.41) is 6.88. The topological polar surface area (TPSA) is 72.3 Å². The van der Waals surface area contributed by atoms with Gasteiger partial charge in [0.25, 0.3) is 0 Å². The van der Waals surface area contributed by atoms with Crippen molar-refractivity contribution in [2.45, 2.75) is 45.8 Å². The van der Waals surface area contributed by atoms with Crippen LogP contribution in [0.5, 0.6) is 0 Å². The predicted molar refractivity (Wildman–Crippen MR) is 75.6 cm³/mol. The fourth-order valence-electron chi connectivity index (χ4n) is 2.22. The molecule has 1 aromatic rings. The molecule has 1 aliphatic rings. The zero-order valence-electron chi connectivity index (χ0n) is 12.2. The Bertz CT molecular complexity index is 434. The van der Waals surface area contributed by atoms with E-state index in [9.17, 15) is 4.79 Å². The third-order valence-corrected chi connectivity index (χ3v) is 3.30. The second-order valence-corrected chi connectivity index (χ2v) is 4.94. The lowest BCUT2D eigenvalue weighted by Crippen LogP contribution is -2.45. The molecule has 7 nitrogen and oxygen atoms in total. The molecular formula is C13H23N5O2. The van der Waals surface area contributed by atoms with E-state index in [1.807, 2.05) is 6.92 Å². The molecular weight excluding hydrogens is 258 g/mol. The minimum Gasteiger partial charge on any atom is -0.376 e. The number of urea groups is 1. The molecule has 2 amide bonds. The van der Waals surface area contributed by atoms with Crippen molar-refractivity contribution in [1.82, 2.24) is 19.7 Å². The minimum absolute atomic E-state index is 0.149. The van der Waals surface area contributed by atoms with Gasteiger partial charge in [-0.1, -0.05) is 6.92 Å². The van der Waals surface area contributed by atoms with Crippen molar-refractivity contribution in [3.63, 3.8) is 0 Å². The molecule has 0 aromatic carbocycles. The first kappa shape index (κ1) is 14.8. The number of nitrogens with zero attached hydrogens (tertiary/aromatic N) is 4. The Morgan fingerprint density at radius 2 is 2.40 bits per heavy atom. The van der Waals surface area contributed by atoms with Gasteiger partial charge < -0.3 is 9.64 Å². The highest BCUT2D eigenvalue weighted by molar-refractivity contribution is 5.87. The van der Waals surface area contributed by atoms with Crippen molar-refractivity contribution in [1.29, 1.82) is 0 Å². The Morgan fingerprint density at radius 3 is 3.10 bits per heavy atom. The molecule has 1 fully saturated rings. The summed E-state index contributed by atoms with van der Waals surface area (Å²) in [7, 11) is 0. The molecule has 0 radical (unpaired) electrons. The van der Waals surface area contributed by atoms with E-state index in [-0.39, 0.29) is 12.1 Å². The average Bonchev–Trinajstić information content (AvgIpc) is 2.93. The maximum atomic E-state index is 12.2. The predicted octanol–water partition coefficient (Wildman–Crippen LogP) is 1.72. The Labute approximate surface area is 119 Å². The van der Waals surface area contributed by atoms with Crippen LogP contribution in [-0.2, 0) is 11.3 Å². The lowest BCUT2D eigenvalue weighted by atomic mass is 10.1. The molecule has 0 saturated carbocycles. The number of aromatic nitrogens is 3. The van der Waals surface area contributed by atoms with Gasteiger partial charge in [0.1, 0.15) is 6.33 Å². The number of aryl methyl sites for hydroxylation is 1. The van der Waals surface area contributed by atoms with Crippen molar-refractivity contribution in [3.8, 4) is 0 Å². The van der Waals surface area contributed by atoms with Gasteiger partial charge in [0, 0.05) is 26.2 Å². The van der Waals surface area contributed by atoms with Crippen LogP contribution < -0.4 is 5.32 Å². The first-order valence-corrected chi connectivity index (χ1v) is 7.30. The number of rotatable bonds is 5. The highest BCUT2D eigenvalue weighted by Crippen LogP contribution is 2.14. The Balaban J connectivity index is 1.85. The van der Waals surface area contributed by atoms with Crippen LogP contribution in [0.2, 0.25) is 0 Å². The van der Waals surface area contributed by atoms with Crippen LogP contribution in [0.4, 0.5) is 10.7 Å². The van der Waals surface area contributed by atoms with E-state index in [2.05, 4.69) is 22.3 Å². The van der Waals surface area contributed by atoms with Gasteiger partial charge in [-0.3, -0.25) is 10.00 Å². The van der Waals surface area contributed by atoms with Crippen LogP contribution in [0.3, 0.4) is 0 Å². The van der Waals surface area contributed by atoms with Gasteiger partial charge in [0.15, 0.2) is 0 Å². The standard InChI is InChI=1S/C13H23N5O2/c1-3-8-20-11-6-5-7-17(9-11)13(19)15-12-14-10-18(4-2)16-12/h10-11H,3-9H2,1-2H3,(H,15,16,19)/t11-/m0/s1. The number of nitrogens with one attached hydrogen (secondary N) is 1. The molecule has 20 heavy (non-hydrogen) atoms. The summed E-state index contributed by atoms with van der Waals surface area (Å²) in [6, 6.07) is -0.149. The number of anilines is 1. The van der Waals surface area contributed by atoms with Crippen molar-refractivity contribution in [2.75, 3.05) is 25.0 Å². The van der Waals surface area contributed by atoms with E-state index in [1.165, 1.54) is 0 Å². The molecule has 1 atom stereocenters. The second-order valence-electron chi connectivity index (χ2n) is 4.94. The van der Waals surface area contributed by atoms with Crippen LogP contribution >= 0.6 is 0 Å². The fraction of sp³-hybridized carbons (Fsp3) is 0.769. The maximum Gasteiger partial charge on any atom is 0.324 e. The number of hydrogen-bond acceptors (Lipinski definition) is 4. The molecule has 0 spiro atoms. The molecule has 1 saturated heterocycles. The molecule has 1 aromatic heterocycles. The van der Waals surface area contributed by atoms with Crippen LogP contribution in [0.1, 0.15) is 33.1 Å². The summed E-state index contributed by atoms with van der Waals surface area (Å²) in [6.45, 7) is 6.94. The van der Waals surface area contributed by atoms with Gasteiger partial charge in [0.05, 0.1) is 6.10 Å². The Morgan fingerprint density at radius 1 is 1.55 bits per heavy atom. The van der Waals surface area contributed by atoms with E-state index in [4.69, 9.17) is 4.74 Å². The lowest BCUT2D eigenvalue weighted by molar-refractivity contribution is 0.0115. The van der Waals surface area contributed by atoms with Gasteiger partial charge in [-0.15, -0.1) is 5.10 Å². The molecule has 2 heterocycles. The average molecular weight is 281 g/mol. The smallest absolute Gasteiger partial charge is 0.324 e. The van der Waals surface area contributed by atoms with E-state index in [0.29, 0.717) is 12.5 Å². The minimum atomic E-state index is -0.149. The first-order chi connectivity index (χ1) is 9.72. The molecule has 0 aliphatic carbocycles. The zero-order valence-corrected chi connectivity index (χ0v) is 12.2. The van der Waals surface area contributed by atoms with Crippen LogP contribution in [0.25, 0.3) is 0 Å². The third kappa shape index (κ3) is 3.93. The summed E-state index contributed by atoms with van der Waals surface area (Å²) in [6.07, 6.45) is 4.75. The van der Waals surface area contributed by atoms with E-state index < -0.39 is 0 Å². The number of piperidine rings is 1. The number of ether oxygens (including phenoxy) is 1. The monoisotopic (exact) mass is 281 g/mol. The summed E-state index contributed by atoms with van der Waals surface area (Å²) < 4.78 is 7.41. The van der Waals surface area contributed by atoms with Gasteiger partial charge in [-0.25, -0.2) is 9.78 Å². The van der Waals surface area contributed by atoms with Gasteiger partial charge in [0.2, 0.25) is 5.95 Å².